The van der Waals surface area contributed by atoms with Crippen LogP contribution in [0.15, 0.2) is 43.0 Å². The Labute approximate surface area is 154 Å². The van der Waals surface area contributed by atoms with Gasteiger partial charge in [0.05, 0.1) is 12.2 Å². The van der Waals surface area contributed by atoms with Crippen molar-refractivity contribution in [2.24, 2.45) is 7.05 Å². The SMILES string of the molecule is C=C(C=CC(O)CC(O)C(C(=O)O)c1ccc(F)cc1)c1nnnn1C.O. The Kier molecular flexibility index (Phi) is 7.91. The van der Waals surface area contributed by atoms with Gasteiger partial charge < -0.3 is 20.8 Å². The molecule has 0 fully saturated rings. The summed E-state index contributed by atoms with van der Waals surface area (Å²) in [5, 5.41) is 40.6. The standard InChI is InChI=1S/C17H19FN4O4.H2O/c1-10(16-19-20-21-22(16)2)3-8-13(23)9-14(24)15(17(25)26)11-4-6-12(18)7-5-11;/h3-8,13-15,23-24H,1,9H2,2H3,(H,25,26);1H2. The Morgan fingerprint density at radius 3 is 2.48 bits per heavy atom. The number of aliphatic hydroxyl groups excluding tert-OH is 2. The third-order valence-corrected chi connectivity index (χ3v) is 3.79. The van der Waals surface area contributed by atoms with Gasteiger partial charge in [-0.1, -0.05) is 30.9 Å². The number of halogens is 1. The van der Waals surface area contributed by atoms with Crippen LogP contribution < -0.4 is 0 Å². The molecule has 3 atom stereocenters. The monoisotopic (exact) mass is 380 g/mol. The molecule has 0 aliphatic carbocycles. The van der Waals surface area contributed by atoms with Gasteiger partial charge in [-0.25, -0.2) is 9.07 Å². The van der Waals surface area contributed by atoms with E-state index in [0.29, 0.717) is 11.4 Å². The zero-order chi connectivity index (χ0) is 19.3. The number of carboxylic acid groups (broad SMARTS) is 1. The molecular formula is C17H21FN4O5. The molecule has 1 aromatic carbocycles. The number of tetrazole rings is 1. The van der Waals surface area contributed by atoms with E-state index in [1.807, 2.05) is 0 Å². The van der Waals surface area contributed by atoms with Crippen molar-refractivity contribution >= 4 is 11.5 Å². The molecule has 2 aromatic rings. The van der Waals surface area contributed by atoms with Crippen LogP contribution in [0.2, 0.25) is 0 Å². The molecule has 0 saturated heterocycles. The summed E-state index contributed by atoms with van der Waals surface area (Å²) < 4.78 is 14.4. The number of rotatable bonds is 8. The number of allylic oxidation sites excluding steroid dienone is 2. The smallest absolute Gasteiger partial charge is 0.313 e. The molecule has 3 unspecified atom stereocenters. The van der Waals surface area contributed by atoms with Crippen LogP contribution in [0.5, 0.6) is 0 Å². The number of carbonyl (C=O) groups is 1. The van der Waals surface area contributed by atoms with Crippen LogP contribution in [0.3, 0.4) is 0 Å². The molecule has 2 rings (SSSR count). The second-order valence-electron chi connectivity index (χ2n) is 5.75. The summed E-state index contributed by atoms with van der Waals surface area (Å²) in [6.07, 6.45) is 0.128. The van der Waals surface area contributed by atoms with Crippen LogP contribution >= 0.6 is 0 Å². The number of aromatic nitrogens is 4. The van der Waals surface area contributed by atoms with E-state index in [9.17, 15) is 24.5 Å². The summed E-state index contributed by atoms with van der Waals surface area (Å²) in [6.45, 7) is 3.77. The van der Waals surface area contributed by atoms with Gasteiger partial charge in [0.1, 0.15) is 11.7 Å². The molecule has 146 valence electrons. The van der Waals surface area contributed by atoms with E-state index >= 15 is 0 Å². The molecule has 10 heteroatoms. The van der Waals surface area contributed by atoms with Gasteiger partial charge >= 0.3 is 5.97 Å². The van der Waals surface area contributed by atoms with Gasteiger partial charge in [-0.2, -0.15) is 0 Å². The third kappa shape index (κ3) is 5.78. The largest absolute Gasteiger partial charge is 0.481 e. The maximum absolute atomic E-state index is 13.0. The van der Waals surface area contributed by atoms with Gasteiger partial charge in [0.15, 0.2) is 5.82 Å². The Balaban J connectivity index is 0.00000364. The van der Waals surface area contributed by atoms with Crippen molar-refractivity contribution in [1.29, 1.82) is 0 Å². The molecular weight excluding hydrogens is 359 g/mol. The fraction of sp³-hybridized carbons (Fsp3) is 0.294. The van der Waals surface area contributed by atoms with Gasteiger partial charge in [-0.15, -0.1) is 5.10 Å². The molecule has 0 saturated carbocycles. The van der Waals surface area contributed by atoms with Gasteiger partial charge in [0.25, 0.3) is 0 Å². The Hall–Kier alpha value is -2.95. The minimum Gasteiger partial charge on any atom is -0.481 e. The van der Waals surface area contributed by atoms with Crippen LogP contribution in [-0.2, 0) is 11.8 Å². The lowest BCUT2D eigenvalue weighted by Crippen LogP contribution is -2.29. The molecule has 0 radical (unpaired) electrons. The fourth-order valence-electron chi connectivity index (χ4n) is 2.46. The topological polar surface area (TPSA) is 153 Å². The average Bonchev–Trinajstić information content (AvgIpc) is 3.00. The summed E-state index contributed by atoms with van der Waals surface area (Å²) in [4.78, 5) is 11.5. The van der Waals surface area contributed by atoms with Gasteiger partial charge in [-0.05, 0) is 28.1 Å². The number of nitrogens with zero attached hydrogens (tertiary/aromatic N) is 4. The van der Waals surface area contributed by atoms with Crippen LogP contribution in [0, 0.1) is 5.82 Å². The van der Waals surface area contributed by atoms with Crippen molar-refractivity contribution in [2.75, 3.05) is 0 Å². The second kappa shape index (κ2) is 9.67. The quantitative estimate of drug-likeness (QED) is 0.548. The Morgan fingerprint density at radius 2 is 1.96 bits per heavy atom. The fourth-order valence-corrected chi connectivity index (χ4v) is 2.46. The van der Waals surface area contributed by atoms with Crippen molar-refractivity contribution in [1.82, 2.24) is 20.2 Å². The summed E-state index contributed by atoms with van der Waals surface area (Å²) in [5.41, 5.74) is 0.691. The molecule has 27 heavy (non-hydrogen) atoms. The lowest BCUT2D eigenvalue weighted by atomic mass is 9.90. The van der Waals surface area contributed by atoms with E-state index in [1.165, 1.54) is 29.0 Å². The van der Waals surface area contributed by atoms with E-state index in [1.54, 1.807) is 7.05 Å². The van der Waals surface area contributed by atoms with Crippen molar-refractivity contribution in [3.05, 3.63) is 60.2 Å². The highest BCUT2D eigenvalue weighted by Crippen LogP contribution is 2.24. The van der Waals surface area contributed by atoms with Crippen molar-refractivity contribution in [3.63, 3.8) is 0 Å². The maximum Gasteiger partial charge on any atom is 0.313 e. The Bertz CT molecular complexity index is 806. The van der Waals surface area contributed by atoms with E-state index in [-0.39, 0.29) is 17.5 Å². The number of aliphatic carboxylic acids is 1. The maximum atomic E-state index is 13.0. The average molecular weight is 380 g/mol. The summed E-state index contributed by atoms with van der Waals surface area (Å²) >= 11 is 0. The Morgan fingerprint density at radius 1 is 1.33 bits per heavy atom. The number of aliphatic hydroxyl groups is 2. The van der Waals surface area contributed by atoms with Crippen LogP contribution in [0.25, 0.3) is 5.57 Å². The summed E-state index contributed by atoms with van der Waals surface area (Å²) in [7, 11) is 1.63. The lowest BCUT2D eigenvalue weighted by Gasteiger charge is -2.21. The highest BCUT2D eigenvalue weighted by molar-refractivity contribution is 5.76. The summed E-state index contributed by atoms with van der Waals surface area (Å²) in [5.74, 6) is -2.66. The highest BCUT2D eigenvalue weighted by atomic mass is 19.1. The number of aryl methyl sites for hydroxylation is 1. The minimum atomic E-state index is -1.37. The zero-order valence-corrected chi connectivity index (χ0v) is 14.5. The zero-order valence-electron chi connectivity index (χ0n) is 14.5. The van der Waals surface area contributed by atoms with Gasteiger partial charge in [0, 0.05) is 19.0 Å². The van der Waals surface area contributed by atoms with Gasteiger partial charge in [-0.3, -0.25) is 4.79 Å². The molecule has 0 amide bonds. The predicted molar refractivity (Wildman–Crippen MR) is 94.0 cm³/mol. The first-order valence-electron chi connectivity index (χ1n) is 7.73. The van der Waals surface area contributed by atoms with Crippen molar-refractivity contribution in [3.8, 4) is 0 Å². The number of hydrogen-bond acceptors (Lipinski definition) is 6. The van der Waals surface area contributed by atoms with Crippen LogP contribution in [0.4, 0.5) is 4.39 Å². The third-order valence-electron chi connectivity index (χ3n) is 3.79. The second-order valence-corrected chi connectivity index (χ2v) is 5.75. The highest BCUT2D eigenvalue weighted by Gasteiger charge is 2.29. The van der Waals surface area contributed by atoms with Crippen molar-refractivity contribution < 1.29 is 30.0 Å². The molecule has 0 aliphatic heterocycles. The first-order chi connectivity index (χ1) is 12.3. The molecule has 5 N–H and O–H groups in total. The molecule has 0 aliphatic rings. The van der Waals surface area contributed by atoms with Crippen LogP contribution in [-0.4, -0.2) is 59.2 Å². The van der Waals surface area contributed by atoms with Crippen molar-refractivity contribution in [2.45, 2.75) is 24.5 Å². The van der Waals surface area contributed by atoms with E-state index in [0.717, 1.165) is 12.1 Å². The normalized spacial score (nSPS) is 14.4. The molecule has 0 bridgehead atoms. The van der Waals surface area contributed by atoms with E-state index in [4.69, 9.17) is 0 Å². The summed E-state index contributed by atoms with van der Waals surface area (Å²) in [6, 6.07) is 4.82. The number of carboxylic acids is 1. The molecule has 0 spiro atoms. The number of hydrogen-bond donors (Lipinski definition) is 3. The minimum absolute atomic E-state index is 0. The molecule has 9 nitrogen and oxygen atoms in total. The van der Waals surface area contributed by atoms with Crippen LogP contribution in [0.1, 0.15) is 23.7 Å². The first kappa shape index (κ1) is 22.1. The lowest BCUT2D eigenvalue weighted by molar-refractivity contribution is -0.142. The number of benzene rings is 1. The van der Waals surface area contributed by atoms with E-state index in [2.05, 4.69) is 22.1 Å². The van der Waals surface area contributed by atoms with E-state index < -0.39 is 29.9 Å². The first-order valence-corrected chi connectivity index (χ1v) is 7.73. The molecule has 1 heterocycles. The molecule has 1 aromatic heterocycles. The predicted octanol–water partition coefficient (Wildman–Crippen LogP) is 0.0742. The van der Waals surface area contributed by atoms with Gasteiger partial charge in [0.2, 0.25) is 0 Å².